The van der Waals surface area contributed by atoms with Gasteiger partial charge in [0.15, 0.2) is 17.5 Å². The van der Waals surface area contributed by atoms with Gasteiger partial charge < -0.3 is 20.5 Å². The van der Waals surface area contributed by atoms with Crippen molar-refractivity contribution >= 4 is 29.9 Å². The molecule has 2 aromatic carbocycles. The molecular weight excluding hydrogens is 441 g/mol. The van der Waals surface area contributed by atoms with Gasteiger partial charge in [-0.2, -0.15) is 0 Å². The number of nitrogens with two attached hydrogens (primary N) is 1. The summed E-state index contributed by atoms with van der Waals surface area (Å²) >= 11 is 0. The van der Waals surface area contributed by atoms with E-state index in [4.69, 9.17) is 15.2 Å². The Bertz CT molecular complexity index is 718. The SMILES string of the molecule is COc1ccc(CN=C(N)NCC(C)(C)c2ccccc2)cc1OC.I. The van der Waals surface area contributed by atoms with Crippen LogP contribution in [0.15, 0.2) is 53.5 Å². The average molecular weight is 469 g/mol. The first-order valence-corrected chi connectivity index (χ1v) is 8.26. The van der Waals surface area contributed by atoms with Crippen LogP contribution in [0, 0.1) is 0 Å². The first-order chi connectivity index (χ1) is 12.0. The Kier molecular flexibility index (Phi) is 8.71. The number of benzene rings is 2. The van der Waals surface area contributed by atoms with Crippen molar-refractivity contribution in [2.75, 3.05) is 20.8 Å². The molecule has 142 valence electrons. The lowest BCUT2D eigenvalue weighted by Gasteiger charge is -2.25. The summed E-state index contributed by atoms with van der Waals surface area (Å²) in [5.74, 6) is 1.82. The number of ether oxygens (including phenoxy) is 2. The number of aliphatic imine (C=N–C) groups is 1. The van der Waals surface area contributed by atoms with Gasteiger partial charge >= 0.3 is 0 Å². The van der Waals surface area contributed by atoms with Gasteiger partial charge in [0.2, 0.25) is 0 Å². The number of hydrogen-bond donors (Lipinski definition) is 2. The highest BCUT2D eigenvalue weighted by molar-refractivity contribution is 14.0. The first-order valence-electron chi connectivity index (χ1n) is 8.26. The summed E-state index contributed by atoms with van der Waals surface area (Å²) in [6.07, 6.45) is 0. The average Bonchev–Trinajstić information content (AvgIpc) is 2.65. The van der Waals surface area contributed by atoms with Crippen molar-refractivity contribution in [2.45, 2.75) is 25.8 Å². The van der Waals surface area contributed by atoms with Gasteiger partial charge in [-0.3, -0.25) is 0 Å². The normalized spacial score (nSPS) is 11.5. The van der Waals surface area contributed by atoms with Crippen LogP contribution in [0.1, 0.15) is 25.0 Å². The highest BCUT2D eigenvalue weighted by atomic mass is 127. The minimum Gasteiger partial charge on any atom is -0.493 e. The minimum atomic E-state index is -0.0370. The van der Waals surface area contributed by atoms with Crippen molar-refractivity contribution in [2.24, 2.45) is 10.7 Å². The molecule has 0 spiro atoms. The highest BCUT2D eigenvalue weighted by Gasteiger charge is 2.20. The molecule has 2 aromatic rings. The van der Waals surface area contributed by atoms with Gasteiger partial charge in [0.05, 0.1) is 20.8 Å². The van der Waals surface area contributed by atoms with Crippen LogP contribution in [0.2, 0.25) is 0 Å². The van der Waals surface area contributed by atoms with E-state index in [1.54, 1.807) is 14.2 Å². The molecule has 0 bridgehead atoms. The molecule has 0 unspecified atom stereocenters. The van der Waals surface area contributed by atoms with Gasteiger partial charge in [0.25, 0.3) is 0 Å². The number of nitrogens with one attached hydrogen (secondary N) is 1. The van der Waals surface area contributed by atoms with Crippen LogP contribution in [0.4, 0.5) is 0 Å². The Hall–Kier alpha value is -1.96. The summed E-state index contributed by atoms with van der Waals surface area (Å²) in [4.78, 5) is 4.41. The number of halogens is 1. The molecule has 6 heteroatoms. The van der Waals surface area contributed by atoms with Crippen molar-refractivity contribution in [3.05, 3.63) is 59.7 Å². The molecular formula is C20H28IN3O2. The van der Waals surface area contributed by atoms with Crippen LogP contribution in [0.25, 0.3) is 0 Å². The predicted molar refractivity (Wildman–Crippen MR) is 118 cm³/mol. The van der Waals surface area contributed by atoms with Gasteiger partial charge in [-0.05, 0) is 23.3 Å². The fourth-order valence-corrected chi connectivity index (χ4v) is 2.51. The lowest BCUT2D eigenvalue weighted by Crippen LogP contribution is -2.40. The van der Waals surface area contributed by atoms with Crippen molar-refractivity contribution in [1.82, 2.24) is 5.32 Å². The molecule has 26 heavy (non-hydrogen) atoms. The third-order valence-corrected chi connectivity index (χ3v) is 4.15. The number of hydrogen-bond acceptors (Lipinski definition) is 3. The fraction of sp³-hybridized carbons (Fsp3) is 0.350. The van der Waals surface area contributed by atoms with Crippen LogP contribution in [0.5, 0.6) is 11.5 Å². The van der Waals surface area contributed by atoms with Crippen LogP contribution < -0.4 is 20.5 Å². The molecule has 0 fully saturated rings. The van der Waals surface area contributed by atoms with E-state index in [2.05, 4.69) is 36.3 Å². The summed E-state index contributed by atoms with van der Waals surface area (Å²) in [6.45, 7) is 5.54. The van der Waals surface area contributed by atoms with E-state index in [-0.39, 0.29) is 29.4 Å². The molecule has 0 aliphatic heterocycles. The monoisotopic (exact) mass is 469 g/mol. The predicted octanol–water partition coefficient (Wildman–Crippen LogP) is 3.70. The summed E-state index contributed by atoms with van der Waals surface area (Å²) in [5.41, 5.74) is 8.24. The molecule has 0 atom stereocenters. The van der Waals surface area contributed by atoms with E-state index >= 15 is 0 Å². The maximum atomic E-state index is 6.02. The number of nitrogens with zero attached hydrogens (tertiary/aromatic N) is 1. The van der Waals surface area contributed by atoms with Crippen molar-refractivity contribution in [1.29, 1.82) is 0 Å². The summed E-state index contributed by atoms with van der Waals surface area (Å²) in [5, 5.41) is 3.21. The Balaban J connectivity index is 0.00000338. The maximum Gasteiger partial charge on any atom is 0.188 e. The minimum absolute atomic E-state index is 0. The smallest absolute Gasteiger partial charge is 0.188 e. The highest BCUT2D eigenvalue weighted by Crippen LogP contribution is 2.27. The third kappa shape index (κ3) is 6.09. The molecule has 0 heterocycles. The van der Waals surface area contributed by atoms with E-state index < -0.39 is 0 Å². The largest absolute Gasteiger partial charge is 0.493 e. The molecule has 0 saturated heterocycles. The number of rotatable bonds is 7. The molecule has 3 N–H and O–H groups in total. The van der Waals surface area contributed by atoms with E-state index in [9.17, 15) is 0 Å². The zero-order chi connectivity index (χ0) is 18.3. The zero-order valence-electron chi connectivity index (χ0n) is 15.8. The van der Waals surface area contributed by atoms with Crippen molar-refractivity contribution in [3.8, 4) is 11.5 Å². The lowest BCUT2D eigenvalue weighted by atomic mass is 9.85. The van der Waals surface area contributed by atoms with Crippen LogP contribution in [0.3, 0.4) is 0 Å². The lowest BCUT2D eigenvalue weighted by molar-refractivity contribution is 0.354. The topological polar surface area (TPSA) is 68.9 Å². The fourth-order valence-electron chi connectivity index (χ4n) is 2.51. The van der Waals surface area contributed by atoms with E-state index in [0.717, 1.165) is 5.56 Å². The molecule has 0 aliphatic rings. The standard InChI is InChI=1S/C20H27N3O2.HI/c1-20(2,16-8-6-5-7-9-16)14-23-19(21)22-13-15-10-11-17(24-3)18(12-15)25-4;/h5-12H,13-14H2,1-4H3,(H3,21,22,23);1H. The summed E-state index contributed by atoms with van der Waals surface area (Å²) in [7, 11) is 3.23. The number of methoxy groups -OCH3 is 2. The zero-order valence-corrected chi connectivity index (χ0v) is 18.1. The summed E-state index contributed by atoms with van der Waals surface area (Å²) in [6, 6.07) is 16.1. The van der Waals surface area contributed by atoms with Crippen molar-refractivity contribution in [3.63, 3.8) is 0 Å². The molecule has 2 rings (SSSR count). The Morgan fingerprint density at radius 2 is 1.69 bits per heavy atom. The van der Waals surface area contributed by atoms with E-state index in [1.165, 1.54) is 5.56 Å². The molecule has 0 aliphatic carbocycles. The van der Waals surface area contributed by atoms with Crippen LogP contribution in [-0.4, -0.2) is 26.7 Å². The Morgan fingerprint density at radius 3 is 2.31 bits per heavy atom. The second kappa shape index (κ2) is 10.3. The molecule has 0 saturated carbocycles. The molecule has 0 amide bonds. The van der Waals surface area contributed by atoms with E-state index in [1.807, 2.05) is 36.4 Å². The van der Waals surface area contributed by atoms with Crippen LogP contribution in [-0.2, 0) is 12.0 Å². The second-order valence-corrected chi connectivity index (χ2v) is 6.49. The Labute approximate surface area is 173 Å². The third-order valence-electron chi connectivity index (χ3n) is 4.15. The maximum absolute atomic E-state index is 6.02. The molecule has 0 aromatic heterocycles. The Morgan fingerprint density at radius 1 is 1.04 bits per heavy atom. The quantitative estimate of drug-likeness (QED) is 0.369. The second-order valence-electron chi connectivity index (χ2n) is 6.49. The summed E-state index contributed by atoms with van der Waals surface area (Å²) < 4.78 is 10.5. The van der Waals surface area contributed by atoms with Gasteiger partial charge in [-0.1, -0.05) is 50.2 Å². The van der Waals surface area contributed by atoms with Gasteiger partial charge in [-0.25, -0.2) is 4.99 Å². The van der Waals surface area contributed by atoms with Crippen molar-refractivity contribution < 1.29 is 9.47 Å². The van der Waals surface area contributed by atoms with Crippen LogP contribution >= 0.6 is 24.0 Å². The molecule has 5 nitrogen and oxygen atoms in total. The van der Waals surface area contributed by atoms with E-state index in [0.29, 0.717) is 30.5 Å². The van der Waals surface area contributed by atoms with Gasteiger partial charge in [0, 0.05) is 12.0 Å². The van der Waals surface area contributed by atoms with Gasteiger partial charge in [-0.15, -0.1) is 24.0 Å². The van der Waals surface area contributed by atoms with Gasteiger partial charge in [0.1, 0.15) is 0 Å². The molecule has 0 radical (unpaired) electrons. The first kappa shape index (κ1) is 22.1. The number of guanidine groups is 1.